The Hall–Kier alpha value is -1.88. The second kappa shape index (κ2) is 5.84. The van der Waals surface area contributed by atoms with Crippen molar-refractivity contribution in [3.8, 4) is 0 Å². The molecule has 0 aliphatic rings. The van der Waals surface area contributed by atoms with Crippen LogP contribution in [0.3, 0.4) is 0 Å². The van der Waals surface area contributed by atoms with E-state index in [-0.39, 0.29) is 5.91 Å². The first-order valence-corrected chi connectivity index (χ1v) is 6.85. The van der Waals surface area contributed by atoms with Gasteiger partial charge in [-0.05, 0) is 25.1 Å². The monoisotopic (exact) mass is 275 g/mol. The van der Waals surface area contributed by atoms with Gasteiger partial charge in [-0.2, -0.15) is 0 Å². The molecule has 0 spiro atoms. The average molecular weight is 275 g/mol. The van der Waals surface area contributed by atoms with E-state index in [0.29, 0.717) is 5.56 Å². The maximum Gasteiger partial charge on any atom is 0.253 e. The van der Waals surface area contributed by atoms with Crippen LogP contribution in [0.5, 0.6) is 0 Å². The Morgan fingerprint density at radius 2 is 2.21 bits per heavy atom. The molecule has 1 aromatic heterocycles. The van der Waals surface area contributed by atoms with E-state index in [4.69, 9.17) is 0 Å². The molecule has 1 heterocycles. The maximum absolute atomic E-state index is 11.9. The molecule has 100 valence electrons. The minimum Gasteiger partial charge on any atom is -0.380 e. The third-order valence-corrected chi connectivity index (χ3v) is 3.56. The number of rotatable bonds is 4. The van der Waals surface area contributed by atoms with Gasteiger partial charge in [-0.1, -0.05) is 6.07 Å². The molecular formula is C14H17N3OS. The average Bonchev–Trinajstić information content (AvgIpc) is 2.81. The smallest absolute Gasteiger partial charge is 0.253 e. The molecule has 2 aromatic rings. The molecule has 2 rings (SSSR count). The zero-order valence-electron chi connectivity index (χ0n) is 11.3. The summed E-state index contributed by atoms with van der Waals surface area (Å²) in [5, 5.41) is 4.37. The van der Waals surface area contributed by atoms with Crippen LogP contribution in [0, 0.1) is 6.92 Å². The van der Waals surface area contributed by atoms with Crippen LogP contribution < -0.4 is 5.32 Å². The molecule has 4 nitrogen and oxygen atoms in total. The molecule has 0 saturated carbocycles. The van der Waals surface area contributed by atoms with Crippen LogP contribution in [0.25, 0.3) is 0 Å². The minimum absolute atomic E-state index is 0.0114. The zero-order valence-corrected chi connectivity index (χ0v) is 12.1. The van der Waals surface area contributed by atoms with Crippen molar-refractivity contribution in [2.45, 2.75) is 13.5 Å². The van der Waals surface area contributed by atoms with E-state index < -0.39 is 0 Å². The molecule has 0 aliphatic carbocycles. The Labute approximate surface area is 117 Å². The number of aromatic nitrogens is 1. The highest BCUT2D eigenvalue weighted by molar-refractivity contribution is 7.11. The summed E-state index contributed by atoms with van der Waals surface area (Å²) < 4.78 is 0. The predicted molar refractivity (Wildman–Crippen MR) is 78.6 cm³/mol. The molecule has 0 radical (unpaired) electrons. The third-order valence-electron chi connectivity index (χ3n) is 2.65. The highest BCUT2D eigenvalue weighted by atomic mass is 32.1. The number of hydrogen-bond acceptors (Lipinski definition) is 4. The van der Waals surface area contributed by atoms with Crippen molar-refractivity contribution in [3.05, 3.63) is 45.9 Å². The molecule has 19 heavy (non-hydrogen) atoms. The van der Waals surface area contributed by atoms with Crippen LogP contribution in [0.15, 0.2) is 30.5 Å². The molecule has 0 atom stereocenters. The quantitative estimate of drug-likeness (QED) is 0.933. The van der Waals surface area contributed by atoms with Crippen molar-refractivity contribution in [1.82, 2.24) is 9.88 Å². The second-order valence-electron chi connectivity index (χ2n) is 4.48. The first-order chi connectivity index (χ1) is 9.06. The third kappa shape index (κ3) is 3.54. The number of thiazole rings is 1. The number of nitrogens with zero attached hydrogens (tertiary/aromatic N) is 2. The van der Waals surface area contributed by atoms with Crippen molar-refractivity contribution in [2.24, 2.45) is 0 Å². The maximum atomic E-state index is 11.9. The number of benzene rings is 1. The Morgan fingerprint density at radius 1 is 1.42 bits per heavy atom. The normalized spacial score (nSPS) is 10.3. The first-order valence-electron chi connectivity index (χ1n) is 6.03. The molecule has 0 saturated heterocycles. The van der Waals surface area contributed by atoms with E-state index in [1.165, 1.54) is 4.88 Å². The fraction of sp³-hybridized carbons (Fsp3) is 0.286. The summed E-state index contributed by atoms with van der Waals surface area (Å²) in [5.41, 5.74) is 1.63. The summed E-state index contributed by atoms with van der Waals surface area (Å²) in [7, 11) is 3.51. The van der Waals surface area contributed by atoms with Gasteiger partial charge in [0.25, 0.3) is 5.91 Å². The van der Waals surface area contributed by atoms with Gasteiger partial charge in [0.15, 0.2) is 0 Å². The number of carbonyl (C=O) groups is 1. The van der Waals surface area contributed by atoms with E-state index in [1.807, 2.05) is 37.4 Å². The highest BCUT2D eigenvalue weighted by Gasteiger charge is 2.08. The van der Waals surface area contributed by atoms with Crippen LogP contribution in [0.1, 0.15) is 20.2 Å². The Kier molecular flexibility index (Phi) is 4.16. The molecule has 0 fully saturated rings. The molecule has 1 N–H and O–H groups in total. The van der Waals surface area contributed by atoms with Crippen LogP contribution in [-0.4, -0.2) is 29.9 Å². The van der Waals surface area contributed by atoms with Gasteiger partial charge in [-0.25, -0.2) is 4.98 Å². The summed E-state index contributed by atoms with van der Waals surface area (Å²) in [6.45, 7) is 2.72. The summed E-state index contributed by atoms with van der Waals surface area (Å²) in [6.07, 6.45) is 1.88. The number of hydrogen-bond donors (Lipinski definition) is 1. The second-order valence-corrected chi connectivity index (χ2v) is 5.80. The number of aryl methyl sites for hydroxylation is 1. The summed E-state index contributed by atoms with van der Waals surface area (Å²) >= 11 is 1.67. The highest BCUT2D eigenvalue weighted by Crippen LogP contribution is 2.16. The van der Waals surface area contributed by atoms with Gasteiger partial charge in [-0.3, -0.25) is 4.79 Å². The fourth-order valence-corrected chi connectivity index (χ4v) is 2.43. The number of amides is 1. The lowest BCUT2D eigenvalue weighted by Crippen LogP contribution is -2.21. The summed E-state index contributed by atoms with van der Waals surface area (Å²) in [5.74, 6) is 0.0114. The van der Waals surface area contributed by atoms with Crippen LogP contribution in [-0.2, 0) is 6.54 Å². The molecule has 0 unspecified atom stereocenters. The van der Waals surface area contributed by atoms with Gasteiger partial charge in [-0.15, -0.1) is 11.3 Å². The van der Waals surface area contributed by atoms with Gasteiger partial charge < -0.3 is 10.2 Å². The molecule has 0 aliphatic heterocycles. The van der Waals surface area contributed by atoms with E-state index in [2.05, 4.69) is 10.3 Å². The van der Waals surface area contributed by atoms with Gasteiger partial charge >= 0.3 is 0 Å². The first kappa shape index (κ1) is 13.5. The molecule has 0 bridgehead atoms. The van der Waals surface area contributed by atoms with Crippen LogP contribution >= 0.6 is 11.3 Å². The van der Waals surface area contributed by atoms with E-state index in [1.54, 1.807) is 30.3 Å². The number of nitrogens with one attached hydrogen (secondary N) is 1. The van der Waals surface area contributed by atoms with Crippen molar-refractivity contribution in [2.75, 3.05) is 19.4 Å². The van der Waals surface area contributed by atoms with Gasteiger partial charge in [0.05, 0.1) is 11.6 Å². The largest absolute Gasteiger partial charge is 0.380 e. The number of carbonyl (C=O) groups excluding carboxylic acids is 1. The van der Waals surface area contributed by atoms with Crippen LogP contribution in [0.2, 0.25) is 0 Å². The molecule has 1 aromatic carbocycles. The van der Waals surface area contributed by atoms with Crippen molar-refractivity contribution >= 4 is 22.9 Å². The van der Waals surface area contributed by atoms with Crippen molar-refractivity contribution in [3.63, 3.8) is 0 Å². The predicted octanol–water partition coefficient (Wildman–Crippen LogP) is 2.77. The summed E-state index contributed by atoms with van der Waals surface area (Å²) in [4.78, 5) is 18.8. The molecular weight excluding hydrogens is 258 g/mol. The molecule has 5 heteroatoms. The Balaban J connectivity index is 2.05. The standard InChI is InChI=1S/C14H17N3OS/c1-10-15-8-13(19-10)9-16-12-6-4-5-11(7-12)14(18)17(2)3/h4-8,16H,9H2,1-3H3. The zero-order chi connectivity index (χ0) is 13.8. The lowest BCUT2D eigenvalue weighted by atomic mass is 10.2. The topological polar surface area (TPSA) is 45.2 Å². The fourth-order valence-electron chi connectivity index (χ4n) is 1.70. The minimum atomic E-state index is 0.0114. The van der Waals surface area contributed by atoms with E-state index in [0.717, 1.165) is 17.2 Å². The van der Waals surface area contributed by atoms with Crippen molar-refractivity contribution in [1.29, 1.82) is 0 Å². The van der Waals surface area contributed by atoms with Gasteiger partial charge in [0.2, 0.25) is 0 Å². The Bertz CT molecular complexity index is 578. The SMILES string of the molecule is Cc1ncc(CNc2cccc(C(=O)N(C)C)c2)s1. The van der Waals surface area contributed by atoms with Gasteiger partial charge in [0, 0.05) is 36.4 Å². The lowest BCUT2D eigenvalue weighted by molar-refractivity contribution is 0.0827. The lowest BCUT2D eigenvalue weighted by Gasteiger charge is -2.11. The van der Waals surface area contributed by atoms with Crippen molar-refractivity contribution < 1.29 is 4.79 Å². The van der Waals surface area contributed by atoms with E-state index >= 15 is 0 Å². The number of anilines is 1. The van der Waals surface area contributed by atoms with E-state index in [9.17, 15) is 4.79 Å². The summed E-state index contributed by atoms with van der Waals surface area (Å²) in [6, 6.07) is 7.54. The Morgan fingerprint density at radius 3 is 2.84 bits per heavy atom. The molecule has 1 amide bonds. The van der Waals surface area contributed by atoms with Gasteiger partial charge in [0.1, 0.15) is 0 Å². The van der Waals surface area contributed by atoms with Crippen LogP contribution in [0.4, 0.5) is 5.69 Å².